The van der Waals surface area contributed by atoms with Crippen LogP contribution in [0.3, 0.4) is 0 Å². The fraction of sp³-hybridized carbons (Fsp3) is 0.667. The molecule has 3 unspecified atom stereocenters. The third-order valence-electron chi connectivity index (χ3n) is 5.25. The van der Waals surface area contributed by atoms with Gasteiger partial charge in [-0.3, -0.25) is 0 Å². The topological polar surface area (TPSA) is 30.5 Å². The summed E-state index contributed by atoms with van der Waals surface area (Å²) in [6.07, 6.45) is 2.57. The van der Waals surface area contributed by atoms with Gasteiger partial charge in [0.05, 0.1) is 13.2 Å². The maximum absolute atomic E-state index is 5.88. The molecule has 118 valence electrons. The molecule has 1 fully saturated rings. The van der Waals surface area contributed by atoms with E-state index in [9.17, 15) is 0 Å². The maximum Gasteiger partial charge on any atom is 0.126 e. The van der Waals surface area contributed by atoms with Gasteiger partial charge in [-0.25, -0.2) is 0 Å². The molecule has 3 atom stereocenters. The van der Waals surface area contributed by atoms with Crippen molar-refractivity contribution in [1.29, 1.82) is 0 Å². The second-order valence-corrected chi connectivity index (χ2v) is 6.32. The minimum Gasteiger partial charge on any atom is -0.496 e. The van der Waals surface area contributed by atoms with E-state index >= 15 is 0 Å². The van der Waals surface area contributed by atoms with Crippen LogP contribution in [0.1, 0.15) is 44.7 Å². The lowest BCUT2D eigenvalue weighted by Crippen LogP contribution is -2.59. The highest BCUT2D eigenvalue weighted by Gasteiger charge is 2.51. The summed E-state index contributed by atoms with van der Waals surface area (Å²) in [5, 5.41) is 3.72. The molecular weight excluding hydrogens is 262 g/mol. The third-order valence-corrected chi connectivity index (χ3v) is 5.25. The van der Waals surface area contributed by atoms with Crippen LogP contribution < -0.4 is 10.1 Å². The van der Waals surface area contributed by atoms with Crippen LogP contribution in [0.2, 0.25) is 0 Å². The number of ether oxygens (including phenoxy) is 2. The highest BCUT2D eigenvalue weighted by molar-refractivity contribution is 5.60. The van der Waals surface area contributed by atoms with Crippen molar-refractivity contribution in [1.82, 2.24) is 0 Å². The first-order chi connectivity index (χ1) is 9.97. The fourth-order valence-electron chi connectivity index (χ4n) is 3.46. The molecule has 1 N–H and O–H groups in total. The van der Waals surface area contributed by atoms with E-state index in [1.165, 1.54) is 16.8 Å². The van der Waals surface area contributed by atoms with Gasteiger partial charge in [0.25, 0.3) is 0 Å². The van der Waals surface area contributed by atoms with Crippen LogP contribution in [0, 0.1) is 19.3 Å². The molecule has 0 spiro atoms. The molecule has 0 aliphatic heterocycles. The van der Waals surface area contributed by atoms with Crippen molar-refractivity contribution >= 4 is 5.69 Å². The summed E-state index contributed by atoms with van der Waals surface area (Å²) in [5.74, 6) is 0.985. The Morgan fingerprint density at radius 1 is 1.29 bits per heavy atom. The SMILES string of the molecule is CCOC1CC(Nc2ccc(C)c(OC)c2C)C1(C)CC. The number of methoxy groups -OCH3 is 1. The standard InChI is InChI=1S/C18H29NO2/c1-7-18(5)15(11-16(18)21-8-2)19-14-10-9-12(3)17(20-6)13(14)4/h9-10,15-16,19H,7-8,11H2,1-6H3. The lowest BCUT2D eigenvalue weighted by atomic mass is 9.61. The van der Waals surface area contributed by atoms with Crippen LogP contribution in [-0.4, -0.2) is 25.9 Å². The molecule has 0 amide bonds. The number of aryl methyl sites for hydroxylation is 1. The lowest BCUT2D eigenvalue weighted by molar-refractivity contribution is -0.109. The summed E-state index contributed by atoms with van der Waals surface area (Å²) in [5.41, 5.74) is 3.76. The Kier molecular flexibility index (Phi) is 4.82. The Morgan fingerprint density at radius 3 is 2.57 bits per heavy atom. The van der Waals surface area contributed by atoms with E-state index < -0.39 is 0 Å². The molecule has 1 saturated carbocycles. The molecule has 2 rings (SSSR count). The van der Waals surface area contributed by atoms with E-state index in [1.807, 2.05) is 0 Å². The minimum atomic E-state index is 0.209. The van der Waals surface area contributed by atoms with Crippen LogP contribution in [0.15, 0.2) is 12.1 Å². The Bertz CT molecular complexity index is 500. The smallest absolute Gasteiger partial charge is 0.126 e. The first kappa shape index (κ1) is 16.2. The van der Waals surface area contributed by atoms with Crippen molar-refractivity contribution in [2.75, 3.05) is 19.0 Å². The van der Waals surface area contributed by atoms with E-state index in [4.69, 9.17) is 9.47 Å². The monoisotopic (exact) mass is 291 g/mol. The normalized spacial score (nSPS) is 28.1. The Balaban J connectivity index is 2.16. The van der Waals surface area contributed by atoms with Gasteiger partial charge < -0.3 is 14.8 Å². The number of anilines is 1. The molecule has 0 saturated heterocycles. The molecule has 21 heavy (non-hydrogen) atoms. The van der Waals surface area contributed by atoms with E-state index in [0.29, 0.717) is 12.1 Å². The summed E-state index contributed by atoms with van der Waals surface area (Å²) in [4.78, 5) is 0. The number of nitrogens with one attached hydrogen (secondary N) is 1. The van der Waals surface area contributed by atoms with Gasteiger partial charge in [0.15, 0.2) is 0 Å². The second kappa shape index (κ2) is 6.27. The molecule has 1 aliphatic carbocycles. The first-order valence-corrected chi connectivity index (χ1v) is 8.00. The van der Waals surface area contributed by atoms with Crippen LogP contribution in [0.4, 0.5) is 5.69 Å². The molecule has 0 radical (unpaired) electrons. The summed E-state index contributed by atoms with van der Waals surface area (Å²) >= 11 is 0. The molecule has 1 aliphatic rings. The molecule has 0 heterocycles. The molecule has 0 bridgehead atoms. The van der Waals surface area contributed by atoms with Gasteiger partial charge in [-0.15, -0.1) is 0 Å². The minimum absolute atomic E-state index is 0.209. The molecule has 3 nitrogen and oxygen atoms in total. The van der Waals surface area contributed by atoms with Crippen molar-refractivity contribution < 1.29 is 9.47 Å². The lowest BCUT2D eigenvalue weighted by Gasteiger charge is -2.54. The number of rotatable bonds is 6. The van der Waals surface area contributed by atoms with Crippen molar-refractivity contribution in [2.24, 2.45) is 5.41 Å². The van der Waals surface area contributed by atoms with Gasteiger partial charge in [-0.05, 0) is 45.2 Å². The molecule has 0 aromatic heterocycles. The summed E-state index contributed by atoms with van der Waals surface area (Å²) in [6, 6.07) is 4.75. The van der Waals surface area contributed by atoms with Crippen molar-refractivity contribution in [2.45, 2.75) is 59.6 Å². The van der Waals surface area contributed by atoms with Crippen LogP contribution in [0.5, 0.6) is 5.75 Å². The van der Waals surface area contributed by atoms with Gasteiger partial charge in [0, 0.05) is 29.3 Å². The van der Waals surface area contributed by atoms with Gasteiger partial charge >= 0.3 is 0 Å². The van der Waals surface area contributed by atoms with E-state index in [-0.39, 0.29) is 5.41 Å². The molecule has 1 aromatic carbocycles. The number of benzene rings is 1. The van der Waals surface area contributed by atoms with Gasteiger partial charge in [0.2, 0.25) is 0 Å². The zero-order chi connectivity index (χ0) is 15.6. The highest BCUT2D eigenvalue weighted by atomic mass is 16.5. The number of hydrogen-bond donors (Lipinski definition) is 1. The van der Waals surface area contributed by atoms with Crippen molar-refractivity contribution in [3.8, 4) is 5.75 Å². The van der Waals surface area contributed by atoms with Crippen LogP contribution >= 0.6 is 0 Å². The largest absolute Gasteiger partial charge is 0.496 e. The van der Waals surface area contributed by atoms with Crippen molar-refractivity contribution in [3.63, 3.8) is 0 Å². The van der Waals surface area contributed by atoms with E-state index in [1.54, 1.807) is 7.11 Å². The zero-order valence-corrected chi connectivity index (χ0v) is 14.2. The van der Waals surface area contributed by atoms with Crippen molar-refractivity contribution in [3.05, 3.63) is 23.3 Å². The maximum atomic E-state index is 5.88. The van der Waals surface area contributed by atoms with Crippen LogP contribution in [-0.2, 0) is 4.74 Å². The molecule has 1 aromatic rings. The molecule has 3 heteroatoms. The second-order valence-electron chi connectivity index (χ2n) is 6.32. The van der Waals surface area contributed by atoms with E-state index in [0.717, 1.165) is 25.2 Å². The zero-order valence-electron chi connectivity index (χ0n) is 14.2. The predicted octanol–water partition coefficient (Wildman–Crippen LogP) is 4.32. The van der Waals surface area contributed by atoms with Gasteiger partial charge in [-0.2, -0.15) is 0 Å². The third kappa shape index (κ3) is 2.76. The average molecular weight is 291 g/mol. The Hall–Kier alpha value is -1.22. The summed E-state index contributed by atoms with van der Waals surface area (Å²) in [7, 11) is 1.74. The Morgan fingerprint density at radius 2 is 2.00 bits per heavy atom. The highest BCUT2D eigenvalue weighted by Crippen LogP contribution is 2.47. The van der Waals surface area contributed by atoms with E-state index in [2.05, 4.69) is 52.1 Å². The summed E-state index contributed by atoms with van der Waals surface area (Å²) in [6.45, 7) is 11.7. The number of hydrogen-bond acceptors (Lipinski definition) is 3. The van der Waals surface area contributed by atoms with Crippen LogP contribution in [0.25, 0.3) is 0 Å². The molecular formula is C18H29NO2. The fourth-order valence-corrected chi connectivity index (χ4v) is 3.46. The summed E-state index contributed by atoms with van der Waals surface area (Å²) < 4.78 is 11.4. The van der Waals surface area contributed by atoms with Gasteiger partial charge in [-0.1, -0.05) is 19.9 Å². The first-order valence-electron chi connectivity index (χ1n) is 8.00. The quantitative estimate of drug-likeness (QED) is 0.847. The Labute approximate surface area is 129 Å². The average Bonchev–Trinajstić information content (AvgIpc) is 2.48. The predicted molar refractivity (Wildman–Crippen MR) is 88.3 cm³/mol. The van der Waals surface area contributed by atoms with Gasteiger partial charge in [0.1, 0.15) is 5.75 Å².